The molecule has 0 radical (unpaired) electrons. The van der Waals surface area contributed by atoms with E-state index in [1.165, 1.54) is 12.1 Å². The monoisotopic (exact) mass is 473 g/mol. The summed E-state index contributed by atoms with van der Waals surface area (Å²) in [6.07, 6.45) is 6.23. The molecule has 2 aliphatic heterocycles. The summed E-state index contributed by atoms with van der Waals surface area (Å²) in [6.45, 7) is 4.00. The predicted octanol–water partition coefficient (Wildman–Crippen LogP) is 5.17. The van der Waals surface area contributed by atoms with Gasteiger partial charge in [0.1, 0.15) is 11.6 Å². The van der Waals surface area contributed by atoms with E-state index >= 15 is 0 Å². The van der Waals surface area contributed by atoms with Gasteiger partial charge in [-0.15, -0.1) is 0 Å². The van der Waals surface area contributed by atoms with Crippen LogP contribution in [0.1, 0.15) is 53.2 Å². The first-order valence-electron chi connectivity index (χ1n) is 10.6. The maximum atomic E-state index is 13.8. The fraction of sp³-hybridized carbons (Fsp3) is 0.391. The lowest BCUT2D eigenvalue weighted by Gasteiger charge is -2.49. The van der Waals surface area contributed by atoms with E-state index in [1.54, 1.807) is 10.9 Å². The fourth-order valence-corrected chi connectivity index (χ4v) is 5.46. The molecule has 0 N–H and O–H groups in total. The lowest BCUT2D eigenvalue weighted by molar-refractivity contribution is 0.0226. The molecule has 0 unspecified atom stereocenters. The molecule has 9 heteroatoms. The van der Waals surface area contributed by atoms with Crippen LogP contribution in [-0.2, 0) is 13.5 Å². The van der Waals surface area contributed by atoms with E-state index in [0.29, 0.717) is 12.2 Å². The quantitative estimate of drug-likeness (QED) is 0.481. The summed E-state index contributed by atoms with van der Waals surface area (Å²) in [5, 5.41) is 4.02. The molecule has 6 nitrogen and oxygen atoms in total. The molecule has 5 rings (SSSR count). The van der Waals surface area contributed by atoms with Crippen LogP contribution in [0.3, 0.4) is 0 Å². The second-order valence-corrected chi connectivity index (χ2v) is 9.43. The minimum atomic E-state index is -0.643. The topological polar surface area (TPSA) is 63.9 Å². The van der Waals surface area contributed by atoms with Crippen molar-refractivity contribution in [3.8, 4) is 11.3 Å². The van der Waals surface area contributed by atoms with Crippen molar-refractivity contribution in [2.75, 3.05) is 0 Å². The van der Waals surface area contributed by atoms with E-state index in [9.17, 15) is 9.18 Å². The molecule has 1 aromatic carbocycles. The van der Waals surface area contributed by atoms with Gasteiger partial charge in [-0.25, -0.2) is 14.4 Å². The van der Waals surface area contributed by atoms with Gasteiger partial charge in [-0.1, -0.05) is 30.1 Å². The summed E-state index contributed by atoms with van der Waals surface area (Å²) < 4.78 is 15.6. The number of aromatic nitrogens is 4. The first kappa shape index (κ1) is 21.3. The van der Waals surface area contributed by atoms with Crippen molar-refractivity contribution in [3.63, 3.8) is 0 Å². The van der Waals surface area contributed by atoms with Gasteiger partial charge in [-0.2, -0.15) is 5.10 Å². The summed E-state index contributed by atoms with van der Waals surface area (Å²) in [5.74, 6) is -0.0485. The van der Waals surface area contributed by atoms with Crippen LogP contribution in [0.5, 0.6) is 0 Å². The third-order valence-corrected chi connectivity index (χ3v) is 7.40. The summed E-state index contributed by atoms with van der Waals surface area (Å²) >= 11 is 12.3. The first-order valence-corrected chi connectivity index (χ1v) is 11.3. The lowest BCUT2D eigenvalue weighted by Crippen LogP contribution is -2.53. The van der Waals surface area contributed by atoms with Crippen molar-refractivity contribution in [2.45, 2.75) is 45.2 Å². The second-order valence-electron chi connectivity index (χ2n) is 8.68. The van der Waals surface area contributed by atoms with E-state index in [1.807, 2.05) is 25.1 Å². The zero-order chi connectivity index (χ0) is 22.7. The number of fused-ring (bicyclic) bond motifs is 4. The Morgan fingerprint density at radius 3 is 2.69 bits per heavy atom. The van der Waals surface area contributed by atoms with Gasteiger partial charge in [0, 0.05) is 30.4 Å². The molecule has 4 heterocycles. The zero-order valence-electron chi connectivity index (χ0n) is 17.9. The normalized spacial score (nSPS) is 22.1. The van der Waals surface area contributed by atoms with Gasteiger partial charge >= 0.3 is 0 Å². The molecule has 3 atom stereocenters. The van der Waals surface area contributed by atoms with E-state index in [2.05, 4.69) is 12.0 Å². The minimum Gasteiger partial charge on any atom is -0.326 e. The molecular formula is C23H22Cl2FN5O. The lowest BCUT2D eigenvalue weighted by atomic mass is 9.76. The van der Waals surface area contributed by atoms with Crippen LogP contribution in [0.15, 0.2) is 24.5 Å². The van der Waals surface area contributed by atoms with Crippen molar-refractivity contribution in [1.82, 2.24) is 24.6 Å². The summed E-state index contributed by atoms with van der Waals surface area (Å²) in [7, 11) is 1.87. The van der Waals surface area contributed by atoms with Crippen LogP contribution in [0.4, 0.5) is 4.39 Å². The number of hydrogen-bond donors (Lipinski definition) is 0. The number of piperidine rings is 1. The average molecular weight is 474 g/mol. The van der Waals surface area contributed by atoms with Gasteiger partial charge in [0.2, 0.25) is 0 Å². The SMILES string of the molecule is Cc1nc(-c2cnn(C)c2)c2c(n1)[C@H]1[C@H](C)CC[C@@H](C2)N1C(=O)c1ccc(F)c(Cl)c1Cl. The molecule has 0 saturated carbocycles. The molecule has 1 amide bonds. The number of carbonyl (C=O) groups excluding carboxylic acids is 1. The Morgan fingerprint density at radius 1 is 1.19 bits per heavy atom. The Hall–Kier alpha value is -2.51. The highest BCUT2D eigenvalue weighted by molar-refractivity contribution is 6.44. The number of amides is 1. The summed E-state index contributed by atoms with van der Waals surface area (Å²) in [6, 6.07) is 2.35. The predicted molar refractivity (Wildman–Crippen MR) is 120 cm³/mol. The smallest absolute Gasteiger partial charge is 0.256 e. The van der Waals surface area contributed by atoms with Crippen LogP contribution in [-0.4, -0.2) is 36.6 Å². The molecule has 2 aliphatic rings. The van der Waals surface area contributed by atoms with Gasteiger partial charge in [-0.3, -0.25) is 9.48 Å². The number of halogens is 3. The average Bonchev–Trinajstić information content (AvgIpc) is 3.19. The molecule has 2 bridgehead atoms. The Bertz CT molecular complexity index is 1240. The molecule has 166 valence electrons. The van der Waals surface area contributed by atoms with Gasteiger partial charge in [-0.05, 0) is 44.2 Å². The third kappa shape index (κ3) is 3.30. The van der Waals surface area contributed by atoms with E-state index < -0.39 is 5.82 Å². The Labute approximate surface area is 195 Å². The zero-order valence-corrected chi connectivity index (χ0v) is 19.5. The van der Waals surface area contributed by atoms with Crippen molar-refractivity contribution < 1.29 is 9.18 Å². The number of benzene rings is 1. The fourth-order valence-electron chi connectivity index (χ4n) is 5.06. The highest BCUT2D eigenvalue weighted by Crippen LogP contribution is 2.47. The van der Waals surface area contributed by atoms with E-state index in [4.69, 9.17) is 33.2 Å². The van der Waals surface area contributed by atoms with Crippen molar-refractivity contribution in [3.05, 3.63) is 63.0 Å². The molecular weight excluding hydrogens is 452 g/mol. The standard InChI is InChI=1S/C23H22Cl2FN5O/c1-11-4-5-14-8-16-20(13-9-27-30(3)10-13)28-12(2)29-21(16)22(11)31(14)23(32)15-6-7-17(26)19(25)18(15)24/h6-7,9-11,14,22H,4-5,8H2,1-3H3/t11-,14+,22-/m1/s1. The van der Waals surface area contributed by atoms with Crippen LogP contribution in [0, 0.1) is 18.7 Å². The summed E-state index contributed by atoms with van der Waals surface area (Å²) in [4.78, 5) is 25.1. The minimum absolute atomic E-state index is 0.0298. The molecule has 0 aliphatic carbocycles. The number of carbonyl (C=O) groups is 1. The van der Waals surface area contributed by atoms with Crippen molar-refractivity contribution >= 4 is 29.1 Å². The van der Waals surface area contributed by atoms with Gasteiger partial charge in [0.15, 0.2) is 0 Å². The molecule has 1 fully saturated rings. The Balaban J connectivity index is 1.65. The van der Waals surface area contributed by atoms with E-state index in [-0.39, 0.29) is 39.5 Å². The molecule has 3 aromatic rings. The third-order valence-electron chi connectivity index (χ3n) is 6.54. The molecule has 0 spiro atoms. The largest absolute Gasteiger partial charge is 0.326 e. The second kappa shape index (κ2) is 7.81. The number of hydrogen-bond acceptors (Lipinski definition) is 4. The van der Waals surface area contributed by atoms with Crippen LogP contribution in [0.2, 0.25) is 10.0 Å². The van der Waals surface area contributed by atoms with Gasteiger partial charge in [0.05, 0.1) is 39.2 Å². The number of aryl methyl sites for hydroxylation is 2. The maximum Gasteiger partial charge on any atom is 0.256 e. The van der Waals surface area contributed by atoms with Gasteiger partial charge in [0.25, 0.3) is 5.91 Å². The Kier molecular flexibility index (Phi) is 5.21. The molecule has 32 heavy (non-hydrogen) atoms. The maximum absolute atomic E-state index is 13.8. The van der Waals surface area contributed by atoms with E-state index in [0.717, 1.165) is 35.4 Å². The highest BCUT2D eigenvalue weighted by atomic mass is 35.5. The first-order chi connectivity index (χ1) is 15.3. The van der Waals surface area contributed by atoms with Crippen molar-refractivity contribution in [1.29, 1.82) is 0 Å². The highest BCUT2D eigenvalue weighted by Gasteiger charge is 2.46. The summed E-state index contributed by atoms with van der Waals surface area (Å²) in [5.41, 5.74) is 3.96. The van der Waals surface area contributed by atoms with Gasteiger partial charge < -0.3 is 4.90 Å². The number of nitrogens with zero attached hydrogens (tertiary/aromatic N) is 5. The van der Waals surface area contributed by atoms with Crippen LogP contribution < -0.4 is 0 Å². The van der Waals surface area contributed by atoms with Crippen molar-refractivity contribution in [2.24, 2.45) is 13.0 Å². The number of rotatable bonds is 2. The molecule has 2 aromatic heterocycles. The van der Waals surface area contributed by atoms with Crippen LogP contribution >= 0.6 is 23.2 Å². The molecule has 1 saturated heterocycles. The van der Waals surface area contributed by atoms with Crippen LogP contribution in [0.25, 0.3) is 11.3 Å². The Morgan fingerprint density at radius 2 is 1.97 bits per heavy atom.